The van der Waals surface area contributed by atoms with E-state index in [9.17, 15) is 9.59 Å². The molecule has 2 amide bonds. The molecule has 2 heterocycles. The summed E-state index contributed by atoms with van der Waals surface area (Å²) in [5.74, 6) is 0.352. The Balaban J connectivity index is 1.60. The second-order valence-electron chi connectivity index (χ2n) is 5.70. The van der Waals surface area contributed by atoms with Gasteiger partial charge in [-0.05, 0) is 18.4 Å². The number of carbonyl (C=O) groups is 2. The van der Waals surface area contributed by atoms with Crippen molar-refractivity contribution < 1.29 is 9.59 Å². The van der Waals surface area contributed by atoms with E-state index in [0.717, 1.165) is 19.4 Å². The van der Waals surface area contributed by atoms with E-state index in [2.05, 4.69) is 0 Å². The molecule has 1 aromatic rings. The minimum Gasteiger partial charge on any atom is -0.341 e. The van der Waals surface area contributed by atoms with E-state index in [4.69, 9.17) is 0 Å². The van der Waals surface area contributed by atoms with E-state index in [1.54, 1.807) is 0 Å². The number of likely N-dealkylation sites (tertiary alicyclic amines) is 2. The molecule has 0 bridgehead atoms. The Bertz CT molecular complexity index is 514. The number of hydrogen-bond acceptors (Lipinski definition) is 2. The zero-order chi connectivity index (χ0) is 14.1. The van der Waals surface area contributed by atoms with E-state index in [1.165, 1.54) is 5.56 Å². The average molecular weight is 272 g/mol. The average Bonchev–Trinajstić information content (AvgIpc) is 2.99. The van der Waals surface area contributed by atoms with E-state index in [0.29, 0.717) is 12.8 Å². The van der Waals surface area contributed by atoms with Gasteiger partial charge >= 0.3 is 0 Å². The fraction of sp³-hybridized carbons (Fsp3) is 0.500. The standard InChI is InChI=1S/C16H20N2O2/c1-17-13-9-10-18(14(13)11-16(17)20)15(19)8-7-12-5-3-2-4-6-12/h2-6,13-14H,7-11H2,1H3/t13-,14+/m0/s1. The highest BCUT2D eigenvalue weighted by atomic mass is 16.2. The van der Waals surface area contributed by atoms with E-state index >= 15 is 0 Å². The van der Waals surface area contributed by atoms with Crippen LogP contribution in [0.4, 0.5) is 0 Å². The Morgan fingerprint density at radius 3 is 2.75 bits per heavy atom. The highest BCUT2D eigenvalue weighted by Gasteiger charge is 2.46. The third-order valence-electron chi connectivity index (χ3n) is 4.58. The molecule has 3 rings (SSSR count). The van der Waals surface area contributed by atoms with Crippen LogP contribution < -0.4 is 0 Å². The molecule has 106 valence electrons. The van der Waals surface area contributed by atoms with Gasteiger partial charge in [0.25, 0.3) is 0 Å². The molecule has 0 aliphatic carbocycles. The number of likely N-dealkylation sites (N-methyl/N-ethyl adjacent to an activating group) is 1. The molecule has 0 spiro atoms. The molecular formula is C16H20N2O2. The smallest absolute Gasteiger partial charge is 0.224 e. The van der Waals surface area contributed by atoms with Crippen molar-refractivity contribution >= 4 is 11.8 Å². The summed E-state index contributed by atoms with van der Waals surface area (Å²) in [5.41, 5.74) is 1.19. The maximum absolute atomic E-state index is 12.4. The lowest BCUT2D eigenvalue weighted by molar-refractivity contribution is -0.132. The van der Waals surface area contributed by atoms with Gasteiger partial charge in [-0.3, -0.25) is 9.59 Å². The minimum atomic E-state index is 0.107. The summed E-state index contributed by atoms with van der Waals surface area (Å²) in [6, 6.07) is 10.4. The Labute approximate surface area is 119 Å². The fourth-order valence-electron chi connectivity index (χ4n) is 3.39. The summed E-state index contributed by atoms with van der Waals surface area (Å²) in [6.45, 7) is 0.792. The van der Waals surface area contributed by atoms with Crippen molar-refractivity contribution in [1.82, 2.24) is 9.80 Å². The molecule has 2 aliphatic rings. The normalized spacial score (nSPS) is 25.1. The Morgan fingerprint density at radius 1 is 1.25 bits per heavy atom. The van der Waals surface area contributed by atoms with Crippen LogP contribution in [0.25, 0.3) is 0 Å². The highest BCUT2D eigenvalue weighted by molar-refractivity contribution is 5.83. The zero-order valence-electron chi connectivity index (χ0n) is 11.8. The number of amides is 2. The largest absolute Gasteiger partial charge is 0.341 e. The number of nitrogens with zero attached hydrogens (tertiary/aromatic N) is 2. The molecule has 2 saturated heterocycles. The van der Waals surface area contributed by atoms with E-state index < -0.39 is 0 Å². The Hall–Kier alpha value is -1.84. The highest BCUT2D eigenvalue weighted by Crippen LogP contribution is 2.31. The summed E-state index contributed by atoms with van der Waals surface area (Å²) in [5, 5.41) is 0. The van der Waals surface area contributed by atoms with Crippen LogP contribution in [0.1, 0.15) is 24.8 Å². The molecule has 0 unspecified atom stereocenters. The second-order valence-corrected chi connectivity index (χ2v) is 5.70. The van der Waals surface area contributed by atoms with Crippen molar-refractivity contribution in [3.63, 3.8) is 0 Å². The van der Waals surface area contributed by atoms with Crippen molar-refractivity contribution in [1.29, 1.82) is 0 Å². The molecule has 1 aromatic carbocycles. The molecule has 0 N–H and O–H groups in total. The molecule has 0 saturated carbocycles. The molecule has 4 nitrogen and oxygen atoms in total. The molecule has 2 fully saturated rings. The topological polar surface area (TPSA) is 40.6 Å². The van der Waals surface area contributed by atoms with Gasteiger partial charge in [0, 0.05) is 26.4 Å². The van der Waals surface area contributed by atoms with Gasteiger partial charge in [-0.15, -0.1) is 0 Å². The number of carbonyl (C=O) groups excluding carboxylic acids is 2. The van der Waals surface area contributed by atoms with Crippen LogP contribution in [-0.4, -0.2) is 47.3 Å². The molecule has 0 aromatic heterocycles. The predicted molar refractivity (Wildman–Crippen MR) is 76.1 cm³/mol. The number of rotatable bonds is 3. The number of hydrogen-bond donors (Lipinski definition) is 0. The van der Waals surface area contributed by atoms with E-state index in [-0.39, 0.29) is 23.9 Å². The molecule has 20 heavy (non-hydrogen) atoms. The van der Waals surface area contributed by atoms with Crippen molar-refractivity contribution in [2.24, 2.45) is 0 Å². The van der Waals surface area contributed by atoms with Gasteiger partial charge in [0.15, 0.2) is 0 Å². The molecule has 2 aliphatic heterocycles. The number of fused-ring (bicyclic) bond motifs is 1. The first-order chi connectivity index (χ1) is 9.66. The van der Waals surface area contributed by atoms with Gasteiger partial charge in [0.2, 0.25) is 11.8 Å². The minimum absolute atomic E-state index is 0.107. The molecule has 2 atom stereocenters. The van der Waals surface area contributed by atoms with Crippen LogP contribution in [0.15, 0.2) is 30.3 Å². The quantitative estimate of drug-likeness (QED) is 0.835. The SMILES string of the molecule is CN1C(=O)C[C@@H]2[C@@H]1CCN2C(=O)CCc1ccccc1. The van der Waals surface area contributed by atoms with Crippen molar-refractivity contribution in [3.05, 3.63) is 35.9 Å². The second kappa shape index (κ2) is 5.27. The summed E-state index contributed by atoms with van der Waals surface area (Å²) in [4.78, 5) is 27.8. The lowest BCUT2D eigenvalue weighted by Gasteiger charge is -2.23. The van der Waals surface area contributed by atoms with Gasteiger partial charge in [-0.25, -0.2) is 0 Å². The first-order valence-electron chi connectivity index (χ1n) is 7.26. The maximum atomic E-state index is 12.4. The van der Waals surface area contributed by atoms with Crippen LogP contribution in [0.3, 0.4) is 0 Å². The van der Waals surface area contributed by atoms with Gasteiger partial charge in [0.05, 0.1) is 12.1 Å². The van der Waals surface area contributed by atoms with Crippen molar-refractivity contribution in [2.75, 3.05) is 13.6 Å². The van der Waals surface area contributed by atoms with Crippen molar-refractivity contribution in [3.8, 4) is 0 Å². The van der Waals surface area contributed by atoms with Crippen LogP contribution in [-0.2, 0) is 16.0 Å². The first kappa shape index (κ1) is 13.2. The maximum Gasteiger partial charge on any atom is 0.224 e. The lowest BCUT2D eigenvalue weighted by atomic mass is 10.1. The van der Waals surface area contributed by atoms with Gasteiger partial charge < -0.3 is 9.80 Å². The van der Waals surface area contributed by atoms with Crippen LogP contribution in [0.2, 0.25) is 0 Å². The summed E-state index contributed by atoms with van der Waals surface area (Å²) < 4.78 is 0. The number of benzene rings is 1. The van der Waals surface area contributed by atoms with Crippen molar-refractivity contribution in [2.45, 2.75) is 37.8 Å². The molecule has 4 heteroatoms. The summed E-state index contributed by atoms with van der Waals surface area (Å²) >= 11 is 0. The van der Waals surface area contributed by atoms with Crippen LogP contribution in [0, 0.1) is 0 Å². The molecule has 0 radical (unpaired) electrons. The number of aryl methyl sites for hydroxylation is 1. The predicted octanol–water partition coefficient (Wildman–Crippen LogP) is 1.45. The van der Waals surface area contributed by atoms with E-state index in [1.807, 2.05) is 47.2 Å². The monoisotopic (exact) mass is 272 g/mol. The third kappa shape index (κ3) is 2.30. The zero-order valence-corrected chi connectivity index (χ0v) is 11.8. The summed E-state index contributed by atoms with van der Waals surface area (Å²) in [7, 11) is 1.85. The van der Waals surface area contributed by atoms with Gasteiger partial charge in [0.1, 0.15) is 0 Å². The third-order valence-corrected chi connectivity index (χ3v) is 4.58. The van der Waals surface area contributed by atoms with Crippen LogP contribution in [0.5, 0.6) is 0 Å². The lowest BCUT2D eigenvalue weighted by Crippen LogP contribution is -2.39. The molecular weight excluding hydrogens is 252 g/mol. The van der Waals surface area contributed by atoms with Gasteiger partial charge in [-0.2, -0.15) is 0 Å². The Kier molecular flexibility index (Phi) is 3.47. The fourth-order valence-corrected chi connectivity index (χ4v) is 3.39. The summed E-state index contributed by atoms with van der Waals surface area (Å²) in [6.07, 6.45) is 2.73. The first-order valence-corrected chi connectivity index (χ1v) is 7.26. The Morgan fingerprint density at radius 2 is 2.00 bits per heavy atom. The van der Waals surface area contributed by atoms with Crippen LogP contribution >= 0.6 is 0 Å². The van der Waals surface area contributed by atoms with Gasteiger partial charge in [-0.1, -0.05) is 30.3 Å².